The Morgan fingerprint density at radius 1 is 0.852 bits per heavy atom. The third-order valence-corrected chi connectivity index (χ3v) is 4.52. The van der Waals surface area contributed by atoms with E-state index in [1.165, 1.54) is 44.9 Å². The number of carbonyl (C=O) groups is 1. The summed E-state index contributed by atoms with van der Waals surface area (Å²) in [6, 6.07) is 0.496. The van der Waals surface area contributed by atoms with Gasteiger partial charge < -0.3 is 9.47 Å². The maximum atomic E-state index is 14.0. The summed E-state index contributed by atoms with van der Waals surface area (Å²) in [5.74, 6) is -6.00. The summed E-state index contributed by atoms with van der Waals surface area (Å²) < 4.78 is 50.2. The van der Waals surface area contributed by atoms with Crippen LogP contribution in [0.25, 0.3) is 0 Å². The Morgan fingerprint density at radius 3 is 1.89 bits per heavy atom. The molecule has 1 aromatic carbocycles. The van der Waals surface area contributed by atoms with Gasteiger partial charge in [0.1, 0.15) is 5.56 Å². The molecule has 154 valence electrons. The van der Waals surface area contributed by atoms with Crippen LogP contribution in [0.15, 0.2) is 6.07 Å². The molecule has 0 heterocycles. The molecule has 1 aromatic rings. The summed E-state index contributed by atoms with van der Waals surface area (Å²) in [5, 5.41) is 0. The number of esters is 1. The number of unbranched alkanes of at least 4 members (excludes halogenated alkanes) is 10. The Hall–Kier alpha value is -1.72. The molecule has 0 aliphatic carbocycles. The molecule has 3 nitrogen and oxygen atoms in total. The Morgan fingerprint density at radius 2 is 1.37 bits per heavy atom. The van der Waals surface area contributed by atoms with Crippen LogP contribution in [-0.2, 0) is 4.74 Å². The van der Waals surface area contributed by atoms with Crippen molar-refractivity contribution in [3.05, 3.63) is 29.1 Å². The Kier molecular flexibility index (Phi) is 11.6. The first-order valence-corrected chi connectivity index (χ1v) is 9.91. The van der Waals surface area contributed by atoms with E-state index < -0.39 is 34.7 Å². The van der Waals surface area contributed by atoms with Gasteiger partial charge in [-0.25, -0.2) is 13.6 Å². The van der Waals surface area contributed by atoms with Crippen molar-refractivity contribution in [1.29, 1.82) is 0 Å². The van der Waals surface area contributed by atoms with Crippen molar-refractivity contribution in [3.63, 3.8) is 0 Å². The van der Waals surface area contributed by atoms with Gasteiger partial charge in [0.2, 0.25) is 5.82 Å². The molecule has 0 aliphatic rings. The number of carbonyl (C=O) groups excluding carboxylic acids is 1. The average Bonchev–Trinajstić information content (AvgIpc) is 2.66. The highest BCUT2D eigenvalue weighted by Gasteiger charge is 2.24. The molecule has 0 amide bonds. The van der Waals surface area contributed by atoms with Crippen LogP contribution in [-0.4, -0.2) is 19.7 Å². The lowest BCUT2D eigenvalue weighted by molar-refractivity contribution is 0.0490. The van der Waals surface area contributed by atoms with Gasteiger partial charge >= 0.3 is 5.97 Å². The van der Waals surface area contributed by atoms with Crippen LogP contribution in [0.4, 0.5) is 13.2 Å². The van der Waals surface area contributed by atoms with Crippen LogP contribution in [0.3, 0.4) is 0 Å². The zero-order chi connectivity index (χ0) is 20.1. The molecule has 0 bridgehead atoms. The first kappa shape index (κ1) is 23.3. The summed E-state index contributed by atoms with van der Waals surface area (Å²) in [7, 11) is 1.00. The highest BCUT2D eigenvalue weighted by atomic mass is 19.2. The molecule has 0 fully saturated rings. The van der Waals surface area contributed by atoms with E-state index in [4.69, 9.17) is 4.74 Å². The van der Waals surface area contributed by atoms with E-state index in [-0.39, 0.29) is 6.61 Å². The molecule has 0 aliphatic heterocycles. The molecule has 0 N–H and O–H groups in total. The molecule has 27 heavy (non-hydrogen) atoms. The molecule has 0 atom stereocenters. The minimum Gasteiger partial charge on any atom is -0.491 e. The highest BCUT2D eigenvalue weighted by molar-refractivity contribution is 5.90. The second kappa shape index (κ2) is 13.4. The standard InChI is InChI=1S/C21H31F3O3/c1-3-4-5-6-7-8-9-10-11-12-13-14-27-21(25)16-15-17(22)19(24)20(26-2)18(16)23/h15H,3-14H2,1-2H3. The molecule has 1 rings (SSSR count). The molecule has 0 saturated carbocycles. The van der Waals surface area contributed by atoms with Gasteiger partial charge in [-0.05, 0) is 12.5 Å². The van der Waals surface area contributed by atoms with Gasteiger partial charge in [-0.3, -0.25) is 0 Å². The van der Waals surface area contributed by atoms with Crippen molar-refractivity contribution in [3.8, 4) is 5.75 Å². The maximum absolute atomic E-state index is 14.0. The average molecular weight is 388 g/mol. The summed E-state index contributed by atoms with van der Waals surface area (Å²) >= 11 is 0. The van der Waals surface area contributed by atoms with E-state index in [2.05, 4.69) is 11.7 Å². The molecular formula is C21H31F3O3. The van der Waals surface area contributed by atoms with Crippen LogP contribution in [0.5, 0.6) is 5.75 Å². The number of benzene rings is 1. The van der Waals surface area contributed by atoms with Gasteiger partial charge in [0.25, 0.3) is 0 Å². The number of methoxy groups -OCH3 is 1. The third-order valence-electron chi connectivity index (χ3n) is 4.52. The van der Waals surface area contributed by atoms with E-state index in [0.717, 1.165) is 26.4 Å². The van der Waals surface area contributed by atoms with E-state index in [0.29, 0.717) is 12.5 Å². The molecule has 0 radical (unpaired) electrons. The lowest BCUT2D eigenvalue weighted by Gasteiger charge is -2.09. The molecular weight excluding hydrogens is 357 g/mol. The van der Waals surface area contributed by atoms with Crippen LogP contribution in [0.1, 0.15) is 87.9 Å². The molecule has 0 spiro atoms. The summed E-state index contributed by atoms with van der Waals surface area (Å²) in [6.07, 6.45) is 12.8. The SMILES string of the molecule is CCCCCCCCCCCCCOC(=O)c1cc(F)c(F)c(OC)c1F. The minimum absolute atomic E-state index is 0.122. The normalized spacial score (nSPS) is 10.9. The molecule has 6 heteroatoms. The van der Waals surface area contributed by atoms with Gasteiger partial charge in [-0.2, -0.15) is 4.39 Å². The summed E-state index contributed by atoms with van der Waals surface area (Å²) in [5.41, 5.74) is -0.658. The number of ether oxygens (including phenoxy) is 2. The number of hydrogen-bond donors (Lipinski definition) is 0. The van der Waals surface area contributed by atoms with Crippen molar-refractivity contribution >= 4 is 5.97 Å². The first-order chi connectivity index (χ1) is 13.0. The van der Waals surface area contributed by atoms with Crippen LogP contribution < -0.4 is 4.74 Å². The number of rotatable bonds is 14. The summed E-state index contributed by atoms with van der Waals surface area (Å²) in [4.78, 5) is 11.9. The molecule has 0 saturated heterocycles. The van der Waals surface area contributed by atoms with Gasteiger partial charge in [0.05, 0.1) is 13.7 Å². The van der Waals surface area contributed by atoms with Gasteiger partial charge in [-0.15, -0.1) is 0 Å². The van der Waals surface area contributed by atoms with Crippen LogP contribution >= 0.6 is 0 Å². The highest BCUT2D eigenvalue weighted by Crippen LogP contribution is 2.27. The largest absolute Gasteiger partial charge is 0.491 e. The van der Waals surface area contributed by atoms with Crippen molar-refractivity contribution in [1.82, 2.24) is 0 Å². The quantitative estimate of drug-likeness (QED) is 0.205. The second-order valence-electron chi connectivity index (χ2n) is 6.74. The lowest BCUT2D eigenvalue weighted by atomic mass is 10.1. The van der Waals surface area contributed by atoms with Gasteiger partial charge in [0.15, 0.2) is 17.4 Å². The lowest BCUT2D eigenvalue weighted by Crippen LogP contribution is -2.11. The van der Waals surface area contributed by atoms with Gasteiger partial charge in [-0.1, -0.05) is 71.1 Å². The topological polar surface area (TPSA) is 35.5 Å². The fraction of sp³-hybridized carbons (Fsp3) is 0.667. The smallest absolute Gasteiger partial charge is 0.341 e. The predicted octanol–water partition coefficient (Wildman–Crippen LogP) is 6.58. The van der Waals surface area contributed by atoms with E-state index >= 15 is 0 Å². The Balaban J connectivity index is 2.19. The zero-order valence-corrected chi connectivity index (χ0v) is 16.4. The number of hydrogen-bond acceptors (Lipinski definition) is 3. The zero-order valence-electron chi connectivity index (χ0n) is 16.4. The predicted molar refractivity (Wildman–Crippen MR) is 99.6 cm³/mol. The fourth-order valence-electron chi connectivity index (χ4n) is 2.92. The first-order valence-electron chi connectivity index (χ1n) is 9.91. The van der Waals surface area contributed by atoms with Crippen molar-refractivity contribution in [2.75, 3.05) is 13.7 Å². The Bertz CT molecular complexity index is 576. The summed E-state index contributed by atoms with van der Waals surface area (Å²) in [6.45, 7) is 2.33. The van der Waals surface area contributed by atoms with E-state index in [9.17, 15) is 18.0 Å². The van der Waals surface area contributed by atoms with E-state index in [1.54, 1.807) is 0 Å². The second-order valence-corrected chi connectivity index (χ2v) is 6.74. The van der Waals surface area contributed by atoms with Crippen LogP contribution in [0, 0.1) is 17.5 Å². The maximum Gasteiger partial charge on any atom is 0.341 e. The van der Waals surface area contributed by atoms with E-state index in [1.807, 2.05) is 0 Å². The van der Waals surface area contributed by atoms with Crippen LogP contribution in [0.2, 0.25) is 0 Å². The Labute approximate surface area is 160 Å². The van der Waals surface area contributed by atoms with Crippen molar-refractivity contribution in [2.24, 2.45) is 0 Å². The molecule has 0 unspecified atom stereocenters. The third kappa shape index (κ3) is 8.22. The fourth-order valence-corrected chi connectivity index (χ4v) is 2.92. The monoisotopic (exact) mass is 388 g/mol. The van der Waals surface area contributed by atoms with Crippen molar-refractivity contribution < 1.29 is 27.4 Å². The number of halogens is 3. The van der Waals surface area contributed by atoms with Crippen molar-refractivity contribution in [2.45, 2.75) is 77.6 Å². The minimum atomic E-state index is -1.46. The van der Waals surface area contributed by atoms with Gasteiger partial charge in [0, 0.05) is 0 Å². The molecule has 0 aromatic heterocycles.